The molecule has 0 amide bonds. The van der Waals surface area contributed by atoms with Crippen molar-refractivity contribution in [3.63, 3.8) is 0 Å². The molecular formula is C11H21NO2. The minimum Gasteiger partial charge on any atom is -0.466 e. The second-order valence-electron chi connectivity index (χ2n) is 3.86. The maximum Gasteiger partial charge on any atom is 0.308 e. The number of nitrogens with one attached hydrogen (secondary N) is 1. The summed E-state index contributed by atoms with van der Waals surface area (Å²) in [5, 5.41) is 3.42. The summed E-state index contributed by atoms with van der Waals surface area (Å²) in [5.74, 6) is 0.160. The van der Waals surface area contributed by atoms with Gasteiger partial charge in [-0.05, 0) is 39.2 Å². The number of carbonyl (C=O) groups is 1. The van der Waals surface area contributed by atoms with Crippen LogP contribution in [-0.2, 0) is 9.53 Å². The largest absolute Gasteiger partial charge is 0.466 e. The van der Waals surface area contributed by atoms with Crippen molar-refractivity contribution in [1.82, 2.24) is 5.32 Å². The molecule has 0 bridgehead atoms. The number of rotatable bonds is 4. The number of ether oxygens (including phenoxy) is 1. The lowest BCUT2D eigenvalue weighted by molar-refractivity contribution is -0.149. The summed E-state index contributed by atoms with van der Waals surface area (Å²) < 4.78 is 5.02. The van der Waals surface area contributed by atoms with Gasteiger partial charge in [0.2, 0.25) is 0 Å². The second-order valence-corrected chi connectivity index (χ2v) is 3.86. The van der Waals surface area contributed by atoms with Gasteiger partial charge in [0.25, 0.3) is 0 Å². The highest BCUT2D eigenvalue weighted by Gasteiger charge is 2.26. The molecule has 1 rings (SSSR count). The number of hydrogen-bond acceptors (Lipinski definition) is 3. The van der Waals surface area contributed by atoms with Crippen molar-refractivity contribution < 1.29 is 9.53 Å². The Labute approximate surface area is 86.2 Å². The van der Waals surface area contributed by atoms with Crippen LogP contribution in [0.3, 0.4) is 0 Å². The molecule has 0 unspecified atom stereocenters. The van der Waals surface area contributed by atoms with Gasteiger partial charge < -0.3 is 10.1 Å². The van der Waals surface area contributed by atoms with E-state index < -0.39 is 0 Å². The molecule has 82 valence electrons. The molecule has 0 aliphatic heterocycles. The molecule has 1 aliphatic carbocycles. The average molecular weight is 199 g/mol. The third-order valence-electron chi connectivity index (χ3n) is 2.84. The fraction of sp³-hybridized carbons (Fsp3) is 0.909. The Bertz CT molecular complexity index is 174. The highest BCUT2D eigenvalue weighted by Crippen LogP contribution is 2.25. The minimum atomic E-state index is 0.00227. The minimum absolute atomic E-state index is 0.00227. The van der Waals surface area contributed by atoms with Crippen LogP contribution in [-0.4, -0.2) is 25.2 Å². The van der Waals surface area contributed by atoms with Gasteiger partial charge in [-0.3, -0.25) is 4.79 Å². The monoisotopic (exact) mass is 199 g/mol. The first-order valence-corrected chi connectivity index (χ1v) is 5.68. The number of hydrogen-bond donors (Lipinski definition) is 1. The SMILES string of the molecule is CCNC1CCC(C(=O)OCC)CC1. The molecule has 3 heteroatoms. The van der Waals surface area contributed by atoms with Gasteiger partial charge in [0.1, 0.15) is 0 Å². The quantitative estimate of drug-likeness (QED) is 0.701. The summed E-state index contributed by atoms with van der Waals surface area (Å²) in [6.45, 7) is 5.51. The zero-order valence-electron chi connectivity index (χ0n) is 9.21. The van der Waals surface area contributed by atoms with Crippen molar-refractivity contribution in [2.45, 2.75) is 45.6 Å². The van der Waals surface area contributed by atoms with Gasteiger partial charge >= 0.3 is 5.97 Å². The maximum absolute atomic E-state index is 11.4. The average Bonchev–Trinajstić information content (AvgIpc) is 2.20. The van der Waals surface area contributed by atoms with Crippen molar-refractivity contribution >= 4 is 5.97 Å². The predicted molar refractivity (Wildman–Crippen MR) is 56.1 cm³/mol. The second kappa shape index (κ2) is 6.02. The van der Waals surface area contributed by atoms with Gasteiger partial charge in [-0.25, -0.2) is 0 Å². The fourth-order valence-electron chi connectivity index (χ4n) is 2.08. The molecule has 1 saturated carbocycles. The van der Waals surface area contributed by atoms with E-state index in [-0.39, 0.29) is 11.9 Å². The smallest absolute Gasteiger partial charge is 0.308 e. The van der Waals surface area contributed by atoms with Crippen molar-refractivity contribution in [3.05, 3.63) is 0 Å². The van der Waals surface area contributed by atoms with Crippen LogP contribution in [0, 0.1) is 5.92 Å². The Morgan fingerprint density at radius 1 is 1.29 bits per heavy atom. The summed E-state index contributed by atoms with van der Waals surface area (Å²) in [4.78, 5) is 11.4. The lowest BCUT2D eigenvalue weighted by Crippen LogP contribution is -2.35. The molecule has 0 atom stereocenters. The molecule has 14 heavy (non-hydrogen) atoms. The van der Waals surface area contributed by atoms with Crippen molar-refractivity contribution in [3.8, 4) is 0 Å². The first-order valence-electron chi connectivity index (χ1n) is 5.68. The Morgan fingerprint density at radius 3 is 2.43 bits per heavy atom. The summed E-state index contributed by atoms with van der Waals surface area (Å²) in [6, 6.07) is 0.616. The Morgan fingerprint density at radius 2 is 1.93 bits per heavy atom. The molecule has 1 aliphatic rings. The molecule has 0 saturated heterocycles. The molecule has 1 N–H and O–H groups in total. The van der Waals surface area contributed by atoms with E-state index in [2.05, 4.69) is 12.2 Å². The van der Waals surface area contributed by atoms with E-state index in [1.54, 1.807) is 0 Å². The van der Waals surface area contributed by atoms with Gasteiger partial charge in [-0.15, -0.1) is 0 Å². The van der Waals surface area contributed by atoms with Gasteiger partial charge in [0.15, 0.2) is 0 Å². The first-order chi connectivity index (χ1) is 6.77. The maximum atomic E-state index is 11.4. The van der Waals surface area contributed by atoms with Gasteiger partial charge in [-0.1, -0.05) is 6.92 Å². The molecule has 0 spiro atoms. The van der Waals surface area contributed by atoms with E-state index in [1.807, 2.05) is 6.92 Å². The zero-order valence-corrected chi connectivity index (χ0v) is 9.21. The standard InChI is InChI=1S/C11H21NO2/c1-3-12-10-7-5-9(6-8-10)11(13)14-4-2/h9-10,12H,3-8H2,1-2H3. The summed E-state index contributed by atoms with van der Waals surface area (Å²) in [5.41, 5.74) is 0. The van der Waals surface area contributed by atoms with E-state index in [9.17, 15) is 4.79 Å². The molecule has 0 aromatic rings. The van der Waals surface area contributed by atoms with Crippen LogP contribution in [0.25, 0.3) is 0 Å². The van der Waals surface area contributed by atoms with Crippen molar-refractivity contribution in [1.29, 1.82) is 0 Å². The molecule has 3 nitrogen and oxygen atoms in total. The topological polar surface area (TPSA) is 38.3 Å². The predicted octanol–water partition coefficient (Wildman–Crippen LogP) is 1.72. The van der Waals surface area contributed by atoms with Gasteiger partial charge in [0.05, 0.1) is 12.5 Å². The van der Waals surface area contributed by atoms with Crippen LogP contribution >= 0.6 is 0 Å². The van der Waals surface area contributed by atoms with Crippen molar-refractivity contribution in [2.24, 2.45) is 5.92 Å². The van der Waals surface area contributed by atoms with Crippen LogP contribution in [0.5, 0.6) is 0 Å². The Balaban J connectivity index is 2.24. The van der Waals surface area contributed by atoms with Crippen LogP contribution in [0.2, 0.25) is 0 Å². The highest BCUT2D eigenvalue weighted by atomic mass is 16.5. The van der Waals surface area contributed by atoms with Crippen LogP contribution in [0.15, 0.2) is 0 Å². The normalized spacial score (nSPS) is 27.3. The highest BCUT2D eigenvalue weighted by molar-refractivity contribution is 5.72. The van der Waals surface area contributed by atoms with Crippen molar-refractivity contribution in [2.75, 3.05) is 13.2 Å². The number of esters is 1. The van der Waals surface area contributed by atoms with Crippen LogP contribution in [0.1, 0.15) is 39.5 Å². The molecule has 0 aromatic heterocycles. The molecular weight excluding hydrogens is 178 g/mol. The van der Waals surface area contributed by atoms with Gasteiger partial charge in [-0.2, -0.15) is 0 Å². The van der Waals surface area contributed by atoms with E-state index >= 15 is 0 Å². The summed E-state index contributed by atoms with van der Waals surface area (Å²) >= 11 is 0. The summed E-state index contributed by atoms with van der Waals surface area (Å²) in [6.07, 6.45) is 4.18. The lowest BCUT2D eigenvalue weighted by atomic mass is 9.86. The molecule has 1 fully saturated rings. The van der Waals surface area contributed by atoms with Crippen LogP contribution in [0.4, 0.5) is 0 Å². The van der Waals surface area contributed by atoms with E-state index in [0.717, 1.165) is 32.2 Å². The number of carbonyl (C=O) groups excluding carboxylic acids is 1. The molecule has 0 heterocycles. The Hall–Kier alpha value is -0.570. The first kappa shape index (κ1) is 11.5. The van der Waals surface area contributed by atoms with E-state index in [4.69, 9.17) is 4.74 Å². The third kappa shape index (κ3) is 3.29. The summed E-state index contributed by atoms with van der Waals surface area (Å²) in [7, 11) is 0. The van der Waals surface area contributed by atoms with Gasteiger partial charge in [0, 0.05) is 6.04 Å². The van der Waals surface area contributed by atoms with E-state index in [0.29, 0.717) is 12.6 Å². The van der Waals surface area contributed by atoms with Crippen LogP contribution < -0.4 is 5.32 Å². The Kier molecular flexibility index (Phi) is 4.94. The fourth-order valence-corrected chi connectivity index (χ4v) is 2.08. The lowest BCUT2D eigenvalue weighted by Gasteiger charge is -2.27. The third-order valence-corrected chi connectivity index (χ3v) is 2.84. The molecule has 0 aromatic carbocycles. The van der Waals surface area contributed by atoms with E-state index in [1.165, 1.54) is 0 Å². The molecule has 0 radical (unpaired) electrons. The zero-order chi connectivity index (χ0) is 10.4.